The van der Waals surface area contributed by atoms with Gasteiger partial charge < -0.3 is 24.4 Å². The van der Waals surface area contributed by atoms with Crippen LogP contribution < -0.4 is 15.0 Å². The highest BCUT2D eigenvalue weighted by atomic mass is 35.5. The number of nitrogens with zero attached hydrogens (tertiary/aromatic N) is 2. The van der Waals surface area contributed by atoms with Crippen molar-refractivity contribution in [3.63, 3.8) is 0 Å². The van der Waals surface area contributed by atoms with E-state index in [0.717, 1.165) is 72.2 Å². The number of hydrogen-bond acceptors (Lipinski definition) is 13. The fourth-order valence-electron chi connectivity index (χ4n) is 12.6. The van der Waals surface area contributed by atoms with Crippen LogP contribution in [0, 0.1) is 0 Å². The zero-order chi connectivity index (χ0) is 59.8. The van der Waals surface area contributed by atoms with Gasteiger partial charge in [-0.05, 0) is 156 Å². The molecule has 1 aliphatic carbocycles. The predicted octanol–water partition coefficient (Wildman–Crippen LogP) is 9.77. The molecule has 4 aliphatic heterocycles. The van der Waals surface area contributed by atoms with Gasteiger partial charge in [0.05, 0.1) is 42.3 Å². The molecule has 1 amide bonds. The monoisotopic (exact) mass is 1250 g/mol. The number of anilines is 1. The van der Waals surface area contributed by atoms with E-state index in [0.29, 0.717) is 117 Å². The molecule has 2 atom stereocenters. The van der Waals surface area contributed by atoms with Crippen molar-refractivity contribution < 1.29 is 75.5 Å². The number of ether oxygens (including phenoxy) is 3. The molecule has 3 aromatic rings. The van der Waals surface area contributed by atoms with Crippen molar-refractivity contribution in [3.05, 3.63) is 123 Å². The van der Waals surface area contributed by atoms with Crippen LogP contribution in [0.25, 0.3) is 0 Å². The number of hydrogen-bond donors (Lipinski definition) is 5. The van der Waals surface area contributed by atoms with Crippen LogP contribution in [-0.4, -0.2) is 132 Å². The number of unbranched alkanes of at least 4 members (excludes halogenated alkanes) is 5. The lowest BCUT2D eigenvalue weighted by molar-refractivity contribution is -0.443. The summed E-state index contributed by atoms with van der Waals surface area (Å²) in [7, 11) is -18.0. The number of aryl methyl sites for hydroxylation is 2. The molecule has 0 radical (unpaired) electrons. The first kappa shape index (κ1) is 64.2. The molecule has 2 unspecified atom stereocenters. The van der Waals surface area contributed by atoms with Crippen molar-refractivity contribution >= 4 is 75.1 Å². The van der Waals surface area contributed by atoms with Crippen LogP contribution in [0.15, 0.2) is 105 Å². The molecule has 3 aromatic carbocycles. The molecule has 0 spiro atoms. The van der Waals surface area contributed by atoms with Crippen LogP contribution in [0.3, 0.4) is 0 Å². The van der Waals surface area contributed by atoms with Gasteiger partial charge in [-0.2, -0.15) is 38.2 Å². The third-order valence-corrected chi connectivity index (χ3v) is 20.1. The Morgan fingerprint density at radius 3 is 1.95 bits per heavy atom. The Kier molecular flexibility index (Phi) is 21.1. The Bertz CT molecular complexity index is 3540. The van der Waals surface area contributed by atoms with Gasteiger partial charge in [-0.1, -0.05) is 43.9 Å². The van der Waals surface area contributed by atoms with E-state index < -0.39 is 62.8 Å². The van der Waals surface area contributed by atoms with Crippen LogP contribution >= 0.6 is 11.6 Å². The molecule has 0 aromatic heterocycles. The highest BCUT2D eigenvalue weighted by Gasteiger charge is 2.53. The van der Waals surface area contributed by atoms with Gasteiger partial charge in [-0.25, -0.2) is 0 Å². The SMILES string of the molecule is CC1(CCCCS(=O)(=O)O)C(/C=C/C2=C(Oc3ccc(C(=O)NCCOCCOCCCCCCCl)cc3)C(=C/C=C3\N4CCCc5ccc(S(=O)(=O)O)c(c54)C3(C)CCCCS(=O)(=O)O)/CCC2)=[N+]2CCCc3ccc(S(=O)(=O)O)c1c32. The summed E-state index contributed by atoms with van der Waals surface area (Å²) in [5.74, 6) is 0.275. The minimum atomic E-state index is -4.74. The zero-order valence-electron chi connectivity index (χ0n) is 47.1. The molecule has 0 bridgehead atoms. The molecule has 0 saturated heterocycles. The van der Waals surface area contributed by atoms with E-state index in [2.05, 4.69) is 14.8 Å². The van der Waals surface area contributed by atoms with Crippen LogP contribution in [0.4, 0.5) is 11.4 Å². The maximum absolute atomic E-state index is 13.3. The average Bonchev–Trinajstić information content (AvgIpc) is 2.57. The maximum Gasteiger partial charge on any atom is 0.295 e. The van der Waals surface area contributed by atoms with E-state index in [9.17, 15) is 56.7 Å². The maximum atomic E-state index is 13.3. The Balaban J connectivity index is 1.16. The van der Waals surface area contributed by atoms with E-state index in [1.165, 1.54) is 12.1 Å². The molecule has 0 fully saturated rings. The Morgan fingerprint density at radius 2 is 1.29 bits per heavy atom. The van der Waals surface area contributed by atoms with E-state index in [1.54, 1.807) is 36.4 Å². The second-order valence-electron chi connectivity index (χ2n) is 22.4. The molecule has 83 heavy (non-hydrogen) atoms. The molecule has 4 heterocycles. The van der Waals surface area contributed by atoms with Crippen LogP contribution in [-0.2, 0) is 73.6 Å². The van der Waals surface area contributed by atoms with Gasteiger partial charge in [0.15, 0.2) is 5.71 Å². The Morgan fingerprint density at radius 1 is 0.663 bits per heavy atom. The molecular weight excluding hydrogens is 1170 g/mol. The summed E-state index contributed by atoms with van der Waals surface area (Å²) in [6, 6.07) is 13.0. The molecular formula is C59H77ClN3O16S4+. The molecule has 0 saturated carbocycles. The molecule has 5 aliphatic rings. The summed E-state index contributed by atoms with van der Waals surface area (Å²) in [6.45, 7) is 6.90. The number of halogens is 1. The van der Waals surface area contributed by atoms with Gasteiger partial charge in [-0.3, -0.25) is 23.0 Å². The standard InChI is InChI=1S/C59H76ClN3O16S4/c1-58(30-5-9-40-80(65,66)67)50(62-34-12-16-42-20-26-48(82(71,72)73)52(58)54(42)62)28-22-44-14-11-15-45(56(44)79-47-24-18-46(19-25-47)57(64)61-33-37-78-39-38-77-36-8-4-3-7-32-60)23-29-51-59(2,31-6-10-41-81(68,69)70)53-49(83(74,75)76)27-21-43-17-13-35-63(51)55(43)53/h18-29H,3-17,30-41H2,1-2H3,(H4-,61,64,65,66,67,68,69,70,71,72,73,74,75,76)/p+1. The predicted molar refractivity (Wildman–Crippen MR) is 318 cm³/mol. The molecule has 454 valence electrons. The summed E-state index contributed by atoms with van der Waals surface area (Å²) in [4.78, 5) is 14.9. The van der Waals surface area contributed by atoms with Gasteiger partial charge in [0.1, 0.15) is 27.8 Å². The first-order chi connectivity index (χ1) is 39.3. The normalized spacial score (nSPS) is 20.9. The quantitative estimate of drug-likeness (QED) is 0.0180. The summed E-state index contributed by atoms with van der Waals surface area (Å²) < 4.78 is 161. The lowest BCUT2D eigenvalue weighted by Crippen LogP contribution is -2.33. The highest BCUT2D eigenvalue weighted by Crippen LogP contribution is 2.56. The van der Waals surface area contributed by atoms with Gasteiger partial charge in [0.25, 0.3) is 46.4 Å². The summed E-state index contributed by atoms with van der Waals surface area (Å²) in [6.07, 6.45) is 17.7. The van der Waals surface area contributed by atoms with Crippen molar-refractivity contribution in [3.8, 4) is 5.75 Å². The number of carbonyl (C=O) groups is 1. The summed E-state index contributed by atoms with van der Waals surface area (Å²) >= 11 is 5.75. The van der Waals surface area contributed by atoms with Gasteiger partial charge >= 0.3 is 0 Å². The second kappa shape index (κ2) is 27.3. The largest absolute Gasteiger partial charge is 0.457 e. The number of carbonyl (C=O) groups excluding carboxylic acids is 1. The van der Waals surface area contributed by atoms with Gasteiger partial charge in [0.2, 0.25) is 5.69 Å². The smallest absolute Gasteiger partial charge is 0.295 e. The molecule has 5 N–H and O–H groups in total. The third-order valence-electron chi connectivity index (χ3n) is 16.4. The lowest BCUT2D eigenvalue weighted by atomic mass is 9.74. The first-order valence-corrected chi connectivity index (χ1v) is 35.2. The van der Waals surface area contributed by atoms with E-state index >= 15 is 0 Å². The van der Waals surface area contributed by atoms with Crippen LogP contribution in [0.1, 0.15) is 143 Å². The number of alkyl halides is 1. The van der Waals surface area contributed by atoms with Gasteiger partial charge in [0, 0.05) is 71.6 Å². The number of allylic oxidation sites excluding steroid dienone is 7. The molecule has 19 nitrogen and oxygen atoms in total. The van der Waals surface area contributed by atoms with Crippen LogP contribution in [0.5, 0.6) is 5.75 Å². The Labute approximate surface area is 493 Å². The topological polar surface area (TPSA) is 281 Å². The Hall–Kier alpha value is -4.79. The van der Waals surface area contributed by atoms with E-state index in [1.807, 2.05) is 38.2 Å². The lowest BCUT2D eigenvalue weighted by Gasteiger charge is -2.32. The van der Waals surface area contributed by atoms with Gasteiger partial charge in [-0.15, -0.1) is 11.6 Å². The number of amides is 1. The third kappa shape index (κ3) is 15.6. The van der Waals surface area contributed by atoms with E-state index in [-0.39, 0.29) is 60.8 Å². The van der Waals surface area contributed by atoms with Crippen molar-refractivity contribution in [2.24, 2.45) is 0 Å². The number of nitrogens with one attached hydrogen (secondary N) is 1. The molecule has 24 heteroatoms. The highest BCUT2D eigenvalue weighted by molar-refractivity contribution is 7.86. The summed E-state index contributed by atoms with van der Waals surface area (Å²) in [5, 5.41) is 2.89. The van der Waals surface area contributed by atoms with Crippen molar-refractivity contribution in [1.82, 2.24) is 5.32 Å². The fraction of sp³-hybridized carbons (Fsp3) is 0.525. The zero-order valence-corrected chi connectivity index (χ0v) is 51.1. The van der Waals surface area contributed by atoms with Crippen molar-refractivity contribution in [2.75, 3.05) is 68.3 Å². The first-order valence-electron chi connectivity index (χ1n) is 28.5. The van der Waals surface area contributed by atoms with Crippen molar-refractivity contribution in [2.45, 2.75) is 144 Å². The van der Waals surface area contributed by atoms with Crippen LogP contribution in [0.2, 0.25) is 0 Å². The number of rotatable bonds is 30. The summed E-state index contributed by atoms with van der Waals surface area (Å²) in [5.41, 5.74) is 5.25. The van der Waals surface area contributed by atoms with Crippen molar-refractivity contribution in [1.29, 1.82) is 0 Å². The minimum Gasteiger partial charge on any atom is -0.457 e. The fourth-order valence-corrected chi connectivity index (χ4v) is 15.5. The number of benzene rings is 3. The van der Waals surface area contributed by atoms with E-state index in [4.69, 9.17) is 25.8 Å². The average molecular weight is 1250 g/mol. The second-order valence-corrected chi connectivity index (χ2v) is 28.7. The minimum absolute atomic E-state index is 0.0978. The molecule has 8 rings (SSSR count).